The molecule has 0 aromatic carbocycles. The van der Waals surface area contributed by atoms with Crippen LogP contribution in [0.3, 0.4) is 0 Å². The van der Waals surface area contributed by atoms with E-state index < -0.39 is 0 Å². The monoisotopic (exact) mass is 183 g/mol. The normalized spacial score (nSPS) is 24.2. The molecule has 0 spiro atoms. The van der Waals surface area contributed by atoms with Crippen LogP contribution in [0.2, 0.25) is 0 Å². The van der Waals surface area contributed by atoms with Crippen molar-refractivity contribution < 1.29 is 4.74 Å². The summed E-state index contributed by atoms with van der Waals surface area (Å²) in [4.78, 5) is 2.71. The molecule has 0 amide bonds. The first-order valence-electron chi connectivity index (χ1n) is 4.25. The van der Waals surface area contributed by atoms with Crippen molar-refractivity contribution >= 4 is 11.3 Å². The minimum absolute atomic E-state index is 0.289. The van der Waals surface area contributed by atoms with Crippen molar-refractivity contribution in [3.63, 3.8) is 0 Å². The van der Waals surface area contributed by atoms with E-state index in [9.17, 15) is 0 Å². The van der Waals surface area contributed by atoms with Gasteiger partial charge < -0.3 is 10.1 Å². The van der Waals surface area contributed by atoms with E-state index in [4.69, 9.17) is 4.74 Å². The van der Waals surface area contributed by atoms with Crippen molar-refractivity contribution in [2.45, 2.75) is 13.0 Å². The Balaban J connectivity index is 2.08. The second-order valence-corrected chi connectivity index (χ2v) is 4.33. The van der Waals surface area contributed by atoms with Gasteiger partial charge in [0.2, 0.25) is 0 Å². The lowest BCUT2D eigenvalue weighted by atomic mass is 10.2. The van der Waals surface area contributed by atoms with E-state index in [0.717, 1.165) is 19.7 Å². The Morgan fingerprint density at radius 1 is 1.58 bits per heavy atom. The molecule has 1 aromatic rings. The van der Waals surface area contributed by atoms with Crippen molar-refractivity contribution in [3.05, 3.63) is 21.9 Å². The Morgan fingerprint density at radius 3 is 3.08 bits per heavy atom. The minimum Gasteiger partial charge on any atom is -0.370 e. The van der Waals surface area contributed by atoms with Crippen molar-refractivity contribution in [1.82, 2.24) is 5.32 Å². The van der Waals surface area contributed by atoms with E-state index in [1.54, 1.807) is 0 Å². The number of nitrogens with one attached hydrogen (secondary N) is 1. The minimum atomic E-state index is 0.289. The van der Waals surface area contributed by atoms with E-state index in [0.29, 0.717) is 0 Å². The van der Waals surface area contributed by atoms with Gasteiger partial charge in [-0.3, -0.25) is 0 Å². The zero-order valence-corrected chi connectivity index (χ0v) is 7.99. The first-order valence-corrected chi connectivity index (χ1v) is 5.06. The van der Waals surface area contributed by atoms with Crippen LogP contribution >= 0.6 is 11.3 Å². The Hall–Kier alpha value is -0.380. The maximum Gasteiger partial charge on any atom is 0.104 e. The van der Waals surface area contributed by atoms with Gasteiger partial charge in [0.15, 0.2) is 0 Å². The summed E-state index contributed by atoms with van der Waals surface area (Å²) in [6, 6.07) is 4.32. The van der Waals surface area contributed by atoms with Gasteiger partial charge in [0.1, 0.15) is 6.10 Å². The van der Waals surface area contributed by atoms with Crippen LogP contribution in [0.4, 0.5) is 0 Å². The number of hydrogen-bond donors (Lipinski definition) is 1. The highest BCUT2D eigenvalue weighted by atomic mass is 32.1. The second-order valence-electron chi connectivity index (χ2n) is 3.01. The van der Waals surface area contributed by atoms with Crippen LogP contribution in [-0.2, 0) is 4.74 Å². The number of ether oxygens (including phenoxy) is 1. The third-order valence-corrected chi connectivity index (χ3v) is 3.10. The van der Waals surface area contributed by atoms with E-state index in [1.165, 1.54) is 9.75 Å². The predicted molar refractivity (Wildman–Crippen MR) is 50.6 cm³/mol. The zero-order valence-electron chi connectivity index (χ0n) is 7.17. The largest absolute Gasteiger partial charge is 0.370 e. The van der Waals surface area contributed by atoms with E-state index in [1.807, 2.05) is 11.3 Å². The molecule has 1 fully saturated rings. The molecule has 2 nitrogen and oxygen atoms in total. The lowest BCUT2D eigenvalue weighted by Crippen LogP contribution is -2.32. The lowest BCUT2D eigenvalue weighted by Gasteiger charge is -2.22. The van der Waals surface area contributed by atoms with Gasteiger partial charge >= 0.3 is 0 Å². The molecule has 3 heteroatoms. The molecule has 2 heterocycles. The van der Waals surface area contributed by atoms with Crippen LogP contribution in [0.5, 0.6) is 0 Å². The van der Waals surface area contributed by atoms with E-state index in [2.05, 4.69) is 24.4 Å². The smallest absolute Gasteiger partial charge is 0.104 e. The third kappa shape index (κ3) is 1.68. The molecule has 1 saturated heterocycles. The van der Waals surface area contributed by atoms with Gasteiger partial charge in [0.25, 0.3) is 0 Å². The van der Waals surface area contributed by atoms with Crippen molar-refractivity contribution in [1.29, 1.82) is 0 Å². The fourth-order valence-corrected chi connectivity index (χ4v) is 2.30. The summed E-state index contributed by atoms with van der Waals surface area (Å²) in [5, 5.41) is 3.32. The zero-order chi connectivity index (χ0) is 8.39. The van der Waals surface area contributed by atoms with Crippen molar-refractivity contribution in [2.24, 2.45) is 0 Å². The number of morpholine rings is 1. The maximum absolute atomic E-state index is 5.63. The Bertz CT molecular complexity index is 253. The van der Waals surface area contributed by atoms with Crippen LogP contribution in [0.1, 0.15) is 15.9 Å². The number of hydrogen-bond acceptors (Lipinski definition) is 3. The standard InChI is InChI=1S/C9H13NOS/c1-7-2-3-9(12-7)8-6-10-4-5-11-8/h2-3,8,10H,4-6H2,1H3. The van der Waals surface area contributed by atoms with Crippen molar-refractivity contribution in [2.75, 3.05) is 19.7 Å². The Morgan fingerprint density at radius 2 is 2.50 bits per heavy atom. The van der Waals surface area contributed by atoms with Crippen LogP contribution in [0, 0.1) is 6.92 Å². The molecule has 1 aliphatic rings. The van der Waals surface area contributed by atoms with Gasteiger partial charge in [-0.05, 0) is 19.1 Å². The maximum atomic E-state index is 5.63. The molecule has 2 rings (SSSR count). The molecule has 0 saturated carbocycles. The van der Waals surface area contributed by atoms with Crippen LogP contribution in [-0.4, -0.2) is 19.7 Å². The quantitative estimate of drug-likeness (QED) is 0.715. The summed E-state index contributed by atoms with van der Waals surface area (Å²) < 4.78 is 5.63. The van der Waals surface area contributed by atoms with Gasteiger partial charge in [-0.1, -0.05) is 0 Å². The van der Waals surface area contributed by atoms with E-state index in [-0.39, 0.29) is 6.10 Å². The molecule has 1 aromatic heterocycles. The Labute approximate surface area is 76.6 Å². The molecular formula is C9H13NOS. The molecule has 1 unspecified atom stereocenters. The second kappa shape index (κ2) is 3.56. The number of rotatable bonds is 1. The van der Waals surface area contributed by atoms with Crippen molar-refractivity contribution in [3.8, 4) is 0 Å². The molecule has 0 radical (unpaired) electrons. The lowest BCUT2D eigenvalue weighted by molar-refractivity contribution is 0.0299. The highest BCUT2D eigenvalue weighted by Crippen LogP contribution is 2.25. The first kappa shape index (κ1) is 8.23. The van der Waals surface area contributed by atoms with Gasteiger partial charge in [-0.25, -0.2) is 0 Å². The van der Waals surface area contributed by atoms with Gasteiger partial charge in [0.05, 0.1) is 6.61 Å². The van der Waals surface area contributed by atoms with Crippen LogP contribution in [0.15, 0.2) is 12.1 Å². The number of thiophene rings is 1. The van der Waals surface area contributed by atoms with Gasteiger partial charge in [-0.2, -0.15) is 0 Å². The summed E-state index contributed by atoms with van der Waals surface area (Å²) in [5.74, 6) is 0. The highest BCUT2D eigenvalue weighted by molar-refractivity contribution is 7.12. The SMILES string of the molecule is Cc1ccc(C2CNCCO2)s1. The average molecular weight is 183 g/mol. The fraction of sp³-hybridized carbons (Fsp3) is 0.556. The van der Waals surface area contributed by atoms with Crippen LogP contribution < -0.4 is 5.32 Å². The van der Waals surface area contributed by atoms with Gasteiger partial charge in [0, 0.05) is 22.8 Å². The Kier molecular flexibility index (Phi) is 2.44. The molecule has 66 valence electrons. The summed E-state index contributed by atoms with van der Waals surface area (Å²) in [7, 11) is 0. The molecule has 12 heavy (non-hydrogen) atoms. The molecular weight excluding hydrogens is 170 g/mol. The first-order chi connectivity index (χ1) is 5.86. The summed E-state index contributed by atoms with van der Waals surface area (Å²) in [5.41, 5.74) is 0. The fourth-order valence-electron chi connectivity index (χ4n) is 1.37. The topological polar surface area (TPSA) is 21.3 Å². The number of aryl methyl sites for hydroxylation is 1. The molecule has 1 aliphatic heterocycles. The molecule has 1 N–H and O–H groups in total. The molecule has 1 atom stereocenters. The summed E-state index contributed by atoms with van der Waals surface area (Å²) in [6.07, 6.45) is 0.289. The van der Waals surface area contributed by atoms with Gasteiger partial charge in [-0.15, -0.1) is 11.3 Å². The third-order valence-electron chi connectivity index (χ3n) is 2.01. The molecule has 0 aliphatic carbocycles. The predicted octanol–water partition coefficient (Wildman–Crippen LogP) is 1.72. The molecule has 0 bridgehead atoms. The summed E-state index contributed by atoms with van der Waals surface area (Å²) in [6.45, 7) is 4.91. The highest BCUT2D eigenvalue weighted by Gasteiger charge is 2.16. The summed E-state index contributed by atoms with van der Waals surface area (Å²) >= 11 is 1.83. The van der Waals surface area contributed by atoms with E-state index >= 15 is 0 Å². The average Bonchev–Trinajstić information content (AvgIpc) is 2.54. The van der Waals surface area contributed by atoms with Crippen LogP contribution in [0.25, 0.3) is 0 Å².